The van der Waals surface area contributed by atoms with Crippen LogP contribution in [0.15, 0.2) is 17.6 Å². The van der Waals surface area contributed by atoms with E-state index in [-0.39, 0.29) is 0 Å². The lowest BCUT2D eigenvalue weighted by molar-refractivity contribution is 0.964. The first-order chi connectivity index (χ1) is 9.56. The number of anilines is 1. The minimum Gasteiger partial charge on any atom is -0.377 e. The van der Waals surface area contributed by atoms with Crippen molar-refractivity contribution in [1.29, 1.82) is 0 Å². The van der Waals surface area contributed by atoms with Crippen LogP contribution in [0.1, 0.15) is 22.6 Å². The molecule has 0 radical (unpaired) electrons. The van der Waals surface area contributed by atoms with Gasteiger partial charge in [0.15, 0.2) is 10.1 Å². The van der Waals surface area contributed by atoms with E-state index in [2.05, 4.69) is 32.0 Å². The van der Waals surface area contributed by atoms with Gasteiger partial charge in [-0.2, -0.15) is 0 Å². The largest absolute Gasteiger partial charge is 0.377 e. The summed E-state index contributed by atoms with van der Waals surface area (Å²) in [5.41, 5.74) is 5.35. The molecule has 0 unspecified atom stereocenters. The predicted molar refractivity (Wildman–Crippen MR) is 83.9 cm³/mol. The van der Waals surface area contributed by atoms with Crippen LogP contribution in [0.4, 0.5) is 5.69 Å². The quantitative estimate of drug-likeness (QED) is 0.744. The molecule has 20 heavy (non-hydrogen) atoms. The minimum absolute atomic E-state index is 0.496. The van der Waals surface area contributed by atoms with Crippen molar-refractivity contribution in [3.8, 4) is 0 Å². The van der Waals surface area contributed by atoms with Crippen LogP contribution in [0.25, 0.3) is 4.96 Å². The van der Waals surface area contributed by atoms with Gasteiger partial charge in [-0.05, 0) is 32.4 Å². The molecule has 6 heteroatoms. The van der Waals surface area contributed by atoms with Crippen molar-refractivity contribution < 1.29 is 0 Å². The third-order valence-corrected chi connectivity index (χ3v) is 4.50. The van der Waals surface area contributed by atoms with E-state index in [1.54, 1.807) is 17.5 Å². The van der Waals surface area contributed by atoms with Crippen molar-refractivity contribution in [2.75, 3.05) is 5.32 Å². The fraction of sp³-hybridized carbons (Fsp3) is 0.286. The molecule has 0 aliphatic rings. The Hall–Kier alpha value is -1.59. The Morgan fingerprint density at radius 3 is 2.95 bits per heavy atom. The molecular formula is C14H15ClN4S. The highest BCUT2D eigenvalue weighted by Gasteiger charge is 2.12. The summed E-state index contributed by atoms with van der Waals surface area (Å²) in [6.07, 6.45) is 1.76. The van der Waals surface area contributed by atoms with E-state index >= 15 is 0 Å². The SMILES string of the molecule is Cc1cnc(Cl)c(NCc2c(C)nc3scc(C)n23)c1. The van der Waals surface area contributed by atoms with E-state index in [1.807, 2.05) is 19.9 Å². The van der Waals surface area contributed by atoms with Crippen LogP contribution in [0, 0.1) is 20.8 Å². The molecule has 4 nitrogen and oxygen atoms in total. The first kappa shape index (κ1) is 13.4. The van der Waals surface area contributed by atoms with Gasteiger partial charge in [-0.1, -0.05) is 11.6 Å². The van der Waals surface area contributed by atoms with Crippen molar-refractivity contribution in [3.63, 3.8) is 0 Å². The van der Waals surface area contributed by atoms with Crippen molar-refractivity contribution in [2.45, 2.75) is 27.3 Å². The minimum atomic E-state index is 0.496. The molecular weight excluding hydrogens is 292 g/mol. The average molecular weight is 307 g/mol. The number of rotatable bonds is 3. The van der Waals surface area contributed by atoms with Crippen LogP contribution in [-0.4, -0.2) is 14.4 Å². The molecule has 3 aromatic heterocycles. The van der Waals surface area contributed by atoms with Crippen molar-refractivity contribution in [1.82, 2.24) is 14.4 Å². The number of fused-ring (bicyclic) bond motifs is 1. The van der Waals surface area contributed by atoms with Crippen LogP contribution >= 0.6 is 22.9 Å². The van der Waals surface area contributed by atoms with Gasteiger partial charge in [0.25, 0.3) is 0 Å². The van der Waals surface area contributed by atoms with Crippen LogP contribution in [0.3, 0.4) is 0 Å². The Labute approximate surface area is 126 Å². The average Bonchev–Trinajstić information content (AvgIpc) is 2.91. The maximum Gasteiger partial charge on any atom is 0.194 e. The maximum atomic E-state index is 6.11. The number of nitrogens with zero attached hydrogens (tertiary/aromatic N) is 3. The third kappa shape index (κ3) is 2.27. The van der Waals surface area contributed by atoms with Crippen LogP contribution in [0.2, 0.25) is 5.15 Å². The summed E-state index contributed by atoms with van der Waals surface area (Å²) in [5, 5.41) is 5.97. The zero-order valence-electron chi connectivity index (χ0n) is 11.6. The Morgan fingerprint density at radius 2 is 2.15 bits per heavy atom. The Kier molecular flexibility index (Phi) is 3.40. The molecule has 0 fully saturated rings. The summed E-state index contributed by atoms with van der Waals surface area (Å²) in [6.45, 7) is 6.80. The topological polar surface area (TPSA) is 42.2 Å². The van der Waals surface area contributed by atoms with E-state index in [4.69, 9.17) is 11.6 Å². The molecule has 0 spiro atoms. The fourth-order valence-electron chi connectivity index (χ4n) is 2.23. The number of thiazole rings is 1. The van der Waals surface area contributed by atoms with Crippen LogP contribution < -0.4 is 5.32 Å². The monoisotopic (exact) mass is 306 g/mol. The lowest BCUT2D eigenvalue weighted by Gasteiger charge is -2.09. The van der Waals surface area contributed by atoms with Gasteiger partial charge in [0.1, 0.15) is 0 Å². The normalized spacial score (nSPS) is 11.2. The van der Waals surface area contributed by atoms with Gasteiger partial charge in [0, 0.05) is 17.3 Å². The molecule has 0 aliphatic heterocycles. The molecule has 0 amide bonds. The second-order valence-electron chi connectivity index (χ2n) is 4.84. The van der Waals surface area contributed by atoms with E-state index in [0.29, 0.717) is 11.7 Å². The maximum absolute atomic E-state index is 6.11. The fourth-order valence-corrected chi connectivity index (χ4v) is 3.33. The summed E-state index contributed by atoms with van der Waals surface area (Å²) in [5.74, 6) is 0. The Morgan fingerprint density at radius 1 is 1.35 bits per heavy atom. The predicted octanol–water partition coefficient (Wildman–Crippen LogP) is 3.98. The van der Waals surface area contributed by atoms with E-state index in [9.17, 15) is 0 Å². The number of pyridine rings is 1. The summed E-state index contributed by atoms with van der Waals surface area (Å²) in [4.78, 5) is 9.77. The second-order valence-corrected chi connectivity index (χ2v) is 6.04. The molecule has 3 rings (SSSR count). The number of hydrogen-bond donors (Lipinski definition) is 1. The molecule has 0 atom stereocenters. The Bertz CT molecular complexity index is 775. The highest BCUT2D eigenvalue weighted by atomic mass is 35.5. The summed E-state index contributed by atoms with van der Waals surface area (Å²) < 4.78 is 2.18. The highest BCUT2D eigenvalue weighted by Crippen LogP contribution is 2.24. The molecule has 0 bridgehead atoms. The number of halogens is 1. The molecule has 1 N–H and O–H groups in total. The molecule has 3 aromatic rings. The van der Waals surface area contributed by atoms with Gasteiger partial charge in [-0.3, -0.25) is 4.40 Å². The molecule has 3 heterocycles. The lowest BCUT2D eigenvalue weighted by Crippen LogP contribution is -2.05. The van der Waals surface area contributed by atoms with Gasteiger partial charge >= 0.3 is 0 Å². The molecule has 0 aromatic carbocycles. The zero-order chi connectivity index (χ0) is 14.3. The van der Waals surface area contributed by atoms with E-state index < -0.39 is 0 Å². The van der Waals surface area contributed by atoms with Crippen LogP contribution in [-0.2, 0) is 6.54 Å². The first-order valence-corrected chi connectivity index (χ1v) is 7.60. The van der Waals surface area contributed by atoms with Crippen molar-refractivity contribution in [3.05, 3.63) is 45.4 Å². The van der Waals surface area contributed by atoms with Gasteiger partial charge in [0.05, 0.1) is 23.6 Å². The summed E-state index contributed by atoms with van der Waals surface area (Å²) >= 11 is 7.77. The summed E-state index contributed by atoms with van der Waals surface area (Å²) in [6, 6.07) is 2.00. The Balaban J connectivity index is 1.92. The molecule has 104 valence electrons. The van der Waals surface area contributed by atoms with Crippen molar-refractivity contribution >= 4 is 33.6 Å². The standard InChI is InChI=1S/C14H15ClN4S/c1-8-4-11(13(15)17-5-8)16-6-12-10(3)18-14-19(12)9(2)7-20-14/h4-5,7,16H,6H2,1-3H3. The second kappa shape index (κ2) is 5.07. The zero-order valence-corrected chi connectivity index (χ0v) is 13.1. The van der Waals surface area contributed by atoms with Gasteiger partial charge in [0.2, 0.25) is 0 Å². The van der Waals surface area contributed by atoms with E-state index in [0.717, 1.165) is 27.6 Å². The highest BCUT2D eigenvalue weighted by molar-refractivity contribution is 7.15. The molecule has 0 saturated heterocycles. The van der Waals surface area contributed by atoms with Gasteiger partial charge < -0.3 is 5.32 Å². The van der Waals surface area contributed by atoms with Gasteiger partial charge in [-0.15, -0.1) is 11.3 Å². The molecule has 0 aliphatic carbocycles. The molecule has 0 saturated carbocycles. The summed E-state index contributed by atoms with van der Waals surface area (Å²) in [7, 11) is 0. The van der Waals surface area contributed by atoms with Crippen LogP contribution in [0.5, 0.6) is 0 Å². The lowest BCUT2D eigenvalue weighted by atomic mass is 10.3. The van der Waals surface area contributed by atoms with Crippen molar-refractivity contribution in [2.24, 2.45) is 0 Å². The number of aryl methyl sites for hydroxylation is 3. The number of hydrogen-bond acceptors (Lipinski definition) is 4. The third-order valence-electron chi connectivity index (χ3n) is 3.25. The number of nitrogens with one attached hydrogen (secondary N) is 1. The van der Waals surface area contributed by atoms with Gasteiger partial charge in [-0.25, -0.2) is 9.97 Å². The number of aromatic nitrogens is 3. The first-order valence-electron chi connectivity index (χ1n) is 6.34. The smallest absolute Gasteiger partial charge is 0.194 e. The number of imidazole rings is 1. The van der Waals surface area contributed by atoms with E-state index in [1.165, 1.54) is 5.69 Å².